The van der Waals surface area contributed by atoms with Crippen molar-refractivity contribution in [3.8, 4) is 11.4 Å². The summed E-state index contributed by atoms with van der Waals surface area (Å²) in [5.41, 5.74) is 2.44. The molecule has 1 aliphatic heterocycles. The summed E-state index contributed by atoms with van der Waals surface area (Å²) in [5, 5.41) is 4.36. The first-order valence-corrected chi connectivity index (χ1v) is 9.42. The van der Waals surface area contributed by atoms with Crippen LogP contribution in [0.2, 0.25) is 0 Å². The average molecular weight is 355 g/mol. The molecule has 1 unspecified atom stereocenters. The van der Waals surface area contributed by atoms with Gasteiger partial charge in [0.2, 0.25) is 5.91 Å². The lowest BCUT2D eigenvalue weighted by atomic mass is 9.90. The lowest BCUT2D eigenvalue weighted by molar-refractivity contribution is -0.140. The van der Waals surface area contributed by atoms with Crippen molar-refractivity contribution in [3.05, 3.63) is 30.4 Å². The predicted octanol–water partition coefficient (Wildman–Crippen LogP) is 3.67. The summed E-state index contributed by atoms with van der Waals surface area (Å²) in [5.74, 6) is 0.472. The van der Waals surface area contributed by atoms with Crippen LogP contribution in [0.4, 0.5) is 0 Å². The molecule has 6 heteroatoms. The molecule has 3 rings (SSSR count). The van der Waals surface area contributed by atoms with Crippen LogP contribution in [0.3, 0.4) is 0 Å². The Hall–Kier alpha value is -2.24. The molecule has 2 aromatic heterocycles. The SMILES string of the molecule is CC(C)n1nccc1-c1cnc(C2CCCN(C(=O)C(C)(C)C)C2)cn1. The van der Waals surface area contributed by atoms with E-state index in [0.29, 0.717) is 0 Å². The van der Waals surface area contributed by atoms with Gasteiger partial charge < -0.3 is 4.90 Å². The van der Waals surface area contributed by atoms with Crippen molar-refractivity contribution in [2.45, 2.75) is 59.4 Å². The Kier molecular flexibility index (Phi) is 5.12. The topological polar surface area (TPSA) is 63.9 Å². The van der Waals surface area contributed by atoms with Crippen molar-refractivity contribution in [1.29, 1.82) is 0 Å². The van der Waals surface area contributed by atoms with Crippen molar-refractivity contribution in [3.63, 3.8) is 0 Å². The summed E-state index contributed by atoms with van der Waals surface area (Å²) >= 11 is 0. The fourth-order valence-electron chi connectivity index (χ4n) is 3.49. The zero-order valence-corrected chi connectivity index (χ0v) is 16.4. The van der Waals surface area contributed by atoms with Crippen LogP contribution in [0.15, 0.2) is 24.7 Å². The van der Waals surface area contributed by atoms with E-state index in [2.05, 4.69) is 28.9 Å². The number of nitrogens with zero attached hydrogens (tertiary/aromatic N) is 5. The molecule has 0 spiro atoms. The second-order valence-corrected chi connectivity index (χ2v) is 8.42. The van der Waals surface area contributed by atoms with Gasteiger partial charge in [-0.1, -0.05) is 20.8 Å². The Bertz CT molecular complexity index is 757. The van der Waals surface area contributed by atoms with E-state index < -0.39 is 0 Å². The summed E-state index contributed by atoms with van der Waals surface area (Å²) < 4.78 is 1.95. The van der Waals surface area contributed by atoms with E-state index in [1.165, 1.54) is 0 Å². The number of aromatic nitrogens is 4. The first-order chi connectivity index (χ1) is 12.3. The predicted molar refractivity (Wildman–Crippen MR) is 102 cm³/mol. The van der Waals surface area contributed by atoms with Gasteiger partial charge in [-0.25, -0.2) is 0 Å². The normalized spacial score (nSPS) is 18.4. The van der Waals surface area contributed by atoms with E-state index >= 15 is 0 Å². The highest BCUT2D eigenvalue weighted by atomic mass is 16.2. The quantitative estimate of drug-likeness (QED) is 0.842. The highest BCUT2D eigenvalue weighted by Gasteiger charge is 2.32. The minimum atomic E-state index is -0.341. The highest BCUT2D eigenvalue weighted by molar-refractivity contribution is 5.81. The third-order valence-electron chi connectivity index (χ3n) is 4.86. The molecule has 26 heavy (non-hydrogen) atoms. The summed E-state index contributed by atoms with van der Waals surface area (Å²) in [6, 6.07) is 2.24. The van der Waals surface area contributed by atoms with Crippen molar-refractivity contribution in [1.82, 2.24) is 24.6 Å². The maximum atomic E-state index is 12.6. The standard InChI is InChI=1S/C20H29N5O/c1-14(2)25-18(8-9-23-25)17-12-21-16(11-22-17)15-7-6-10-24(13-15)19(26)20(3,4)5/h8-9,11-12,14-15H,6-7,10,13H2,1-5H3. The van der Waals surface area contributed by atoms with Crippen LogP contribution >= 0.6 is 0 Å². The van der Waals surface area contributed by atoms with Crippen LogP contribution in [0.25, 0.3) is 11.4 Å². The highest BCUT2D eigenvalue weighted by Crippen LogP contribution is 2.29. The Labute approximate surface area is 155 Å². The maximum absolute atomic E-state index is 12.6. The number of carbonyl (C=O) groups excluding carboxylic acids is 1. The molecule has 1 atom stereocenters. The van der Waals surface area contributed by atoms with Crippen LogP contribution in [0.5, 0.6) is 0 Å². The van der Waals surface area contributed by atoms with Crippen molar-refractivity contribution >= 4 is 5.91 Å². The van der Waals surface area contributed by atoms with Crippen molar-refractivity contribution in [2.24, 2.45) is 5.41 Å². The molecule has 0 bridgehead atoms. The molecule has 0 aromatic carbocycles. The van der Waals surface area contributed by atoms with Gasteiger partial charge >= 0.3 is 0 Å². The fourth-order valence-corrected chi connectivity index (χ4v) is 3.49. The second kappa shape index (κ2) is 7.17. The van der Waals surface area contributed by atoms with Crippen molar-refractivity contribution in [2.75, 3.05) is 13.1 Å². The number of carbonyl (C=O) groups is 1. The fraction of sp³-hybridized carbons (Fsp3) is 0.600. The van der Waals surface area contributed by atoms with E-state index in [-0.39, 0.29) is 23.3 Å². The molecular weight excluding hydrogens is 326 g/mol. The van der Waals surface area contributed by atoms with Crippen LogP contribution in [0, 0.1) is 5.41 Å². The number of amides is 1. The zero-order valence-electron chi connectivity index (χ0n) is 16.4. The molecule has 3 heterocycles. The molecule has 1 amide bonds. The van der Waals surface area contributed by atoms with Gasteiger partial charge in [0.1, 0.15) is 5.69 Å². The summed E-state index contributed by atoms with van der Waals surface area (Å²) in [7, 11) is 0. The van der Waals surface area contributed by atoms with Gasteiger partial charge in [0.05, 0.1) is 17.6 Å². The minimum Gasteiger partial charge on any atom is -0.342 e. The molecule has 0 saturated carbocycles. The third-order valence-corrected chi connectivity index (χ3v) is 4.86. The summed E-state index contributed by atoms with van der Waals surface area (Å²) in [6.45, 7) is 11.7. The molecule has 140 valence electrons. The number of rotatable bonds is 3. The Morgan fingerprint density at radius 3 is 2.62 bits per heavy atom. The first-order valence-electron chi connectivity index (χ1n) is 9.42. The van der Waals surface area contributed by atoms with Gasteiger partial charge in [-0.05, 0) is 32.8 Å². The van der Waals surface area contributed by atoms with Gasteiger partial charge in [-0.2, -0.15) is 5.10 Å². The van der Waals surface area contributed by atoms with E-state index in [0.717, 1.165) is 43.0 Å². The molecule has 2 aromatic rings. The number of piperidine rings is 1. The van der Waals surface area contributed by atoms with Gasteiger partial charge in [-0.15, -0.1) is 0 Å². The molecule has 1 aliphatic rings. The number of hydrogen-bond acceptors (Lipinski definition) is 4. The summed E-state index contributed by atoms with van der Waals surface area (Å²) in [4.78, 5) is 23.9. The minimum absolute atomic E-state index is 0.215. The van der Waals surface area contributed by atoms with E-state index in [1.807, 2.05) is 48.8 Å². The van der Waals surface area contributed by atoms with Crippen molar-refractivity contribution < 1.29 is 4.79 Å². The molecule has 0 radical (unpaired) electrons. The molecule has 1 fully saturated rings. The second-order valence-electron chi connectivity index (χ2n) is 8.42. The number of hydrogen-bond donors (Lipinski definition) is 0. The van der Waals surface area contributed by atoms with E-state index in [4.69, 9.17) is 0 Å². The summed E-state index contributed by atoms with van der Waals surface area (Å²) in [6.07, 6.45) is 7.54. The van der Waals surface area contributed by atoms with Gasteiger partial charge in [0.15, 0.2) is 0 Å². The lowest BCUT2D eigenvalue weighted by Gasteiger charge is -2.36. The van der Waals surface area contributed by atoms with Crippen LogP contribution in [0.1, 0.15) is 65.1 Å². The molecule has 0 aliphatic carbocycles. The Morgan fingerprint density at radius 1 is 1.23 bits per heavy atom. The zero-order chi connectivity index (χ0) is 18.9. The molecule has 0 N–H and O–H groups in total. The Balaban J connectivity index is 1.76. The van der Waals surface area contributed by atoms with Gasteiger partial charge in [0, 0.05) is 42.9 Å². The number of likely N-dealkylation sites (tertiary alicyclic amines) is 1. The third kappa shape index (κ3) is 3.79. The molecule has 1 saturated heterocycles. The lowest BCUT2D eigenvalue weighted by Crippen LogP contribution is -2.44. The Morgan fingerprint density at radius 2 is 2.00 bits per heavy atom. The van der Waals surface area contributed by atoms with E-state index in [9.17, 15) is 4.79 Å². The van der Waals surface area contributed by atoms with Gasteiger partial charge in [-0.3, -0.25) is 19.4 Å². The maximum Gasteiger partial charge on any atom is 0.227 e. The largest absolute Gasteiger partial charge is 0.342 e. The first kappa shape index (κ1) is 18.5. The monoisotopic (exact) mass is 355 g/mol. The molecule has 6 nitrogen and oxygen atoms in total. The van der Waals surface area contributed by atoms with Crippen LogP contribution in [-0.4, -0.2) is 43.6 Å². The average Bonchev–Trinajstić information content (AvgIpc) is 3.10. The molecular formula is C20H29N5O. The van der Waals surface area contributed by atoms with E-state index in [1.54, 1.807) is 6.20 Å². The van der Waals surface area contributed by atoms with Gasteiger partial charge in [0.25, 0.3) is 0 Å². The smallest absolute Gasteiger partial charge is 0.227 e. The van der Waals surface area contributed by atoms with Crippen LogP contribution < -0.4 is 0 Å². The van der Waals surface area contributed by atoms with Crippen LogP contribution in [-0.2, 0) is 4.79 Å².